The Morgan fingerprint density at radius 2 is 0.364 bits per heavy atom. The SMILES string of the molecule is CCCCCCCCCCCCCCCCCC[N+]1(C[N+]2(CCCCCCCCCCCCCCCCCC)CCCC2)CCCC1.CCCCCCCCCCCCCCCCCC[N+]1(C[N+]2(CCCCCCCCCCCCCCCCCC)CCCC2)CCCC1.FF.FF.O=S1(=O)CCCS(=O)(=O)[N-]1.O=S1(=O)[N-]S(=O)(=O)C(F)CC1F.[K+]. The van der Waals surface area contributed by atoms with E-state index >= 15 is 0 Å². The minimum Gasteiger partial charge on any atom is -0.436 e. The summed E-state index contributed by atoms with van der Waals surface area (Å²) in [6, 6.07) is 0. The van der Waals surface area contributed by atoms with Crippen LogP contribution in [0.2, 0.25) is 0 Å². The van der Waals surface area contributed by atoms with E-state index in [1.54, 1.807) is 0 Å². The molecule has 720 valence electrons. The number of alkyl halides is 2. The summed E-state index contributed by atoms with van der Waals surface area (Å²) in [4.78, 5) is 0. The Kier molecular flexibility index (Phi) is 80.9. The van der Waals surface area contributed by atoms with E-state index < -0.39 is 57.5 Å². The summed E-state index contributed by atoms with van der Waals surface area (Å²) in [5.41, 5.74) is -5.12. The number of likely N-dealkylation sites (tertiary alicyclic amines) is 4. The van der Waals surface area contributed by atoms with Crippen molar-refractivity contribution in [2.45, 2.75) is 514 Å². The normalized spacial score (nSPS) is 19.8. The minimum absolute atomic E-state index is 0. The van der Waals surface area contributed by atoms with E-state index in [2.05, 4.69) is 35.9 Å². The average molecular weight is 1840 g/mol. The first kappa shape index (κ1) is 122. The van der Waals surface area contributed by atoms with Crippen molar-refractivity contribution < 1.29 is 130 Å². The molecule has 0 radical (unpaired) electrons. The van der Waals surface area contributed by atoms with E-state index in [-0.39, 0.29) is 69.3 Å². The molecule has 0 aromatic heterocycles. The molecule has 0 aliphatic carbocycles. The van der Waals surface area contributed by atoms with Crippen LogP contribution in [0.5, 0.6) is 0 Å². The average Bonchev–Trinajstić information content (AvgIpc) is 1.72. The Balaban J connectivity index is 0.00000182. The van der Waals surface area contributed by atoms with Gasteiger partial charge in [0, 0.05) is 87.6 Å². The number of unbranched alkanes of at least 4 members (excludes halogenated alkanes) is 60. The first-order valence-electron chi connectivity index (χ1n) is 51.5. The van der Waals surface area contributed by atoms with Crippen LogP contribution in [-0.2, 0) is 40.1 Å². The van der Waals surface area contributed by atoms with Crippen LogP contribution in [0, 0.1) is 0 Å². The van der Waals surface area contributed by atoms with Gasteiger partial charge < -0.3 is 8.25 Å². The van der Waals surface area contributed by atoms with Crippen LogP contribution in [0.1, 0.15) is 503 Å². The second-order valence-corrected chi connectivity index (χ2v) is 46.0. The van der Waals surface area contributed by atoms with E-state index in [1.165, 1.54) is 572 Å². The number of hydrogen-bond donors (Lipinski definition) is 0. The van der Waals surface area contributed by atoms with Crippen molar-refractivity contribution in [3.05, 3.63) is 8.25 Å². The number of hydrogen-bond acceptors (Lipinski definition) is 8. The van der Waals surface area contributed by atoms with Crippen molar-refractivity contribution >= 4 is 40.1 Å². The van der Waals surface area contributed by atoms with Crippen LogP contribution in [0.15, 0.2) is 0 Å². The van der Waals surface area contributed by atoms with Gasteiger partial charge in [0.15, 0.2) is 11.0 Å². The zero-order valence-corrected chi connectivity index (χ0v) is 86.0. The van der Waals surface area contributed by atoms with Crippen LogP contribution in [-0.4, -0.2) is 166 Å². The standard InChI is InChI=1S/2C45H92N2.C3H4F2NO4S2.C3H6NO4S2.2F2.K/c2*1-3-5-7-9-11-13-15-17-19-21-23-25-27-29-31-33-39-46(41-35-36-42-46)45-47(43-37-38-44-47)40-34-32-30-28-26-24-22-20-18-16-14-12-10-8-6-4-2;4-2-1-3(5)12(9,10)6-11(2,7)8;5-9(6)2-1-3-10(7,8)4-9;2*1-2;/h2*3-45H2,1-2H3;2-3H,1H2;1-3H2;;;/q2*+2;2*-1;;;+1. The molecular weight excluding hydrogens is 1650 g/mol. The van der Waals surface area contributed by atoms with Gasteiger partial charge in [0.1, 0.15) is 20.0 Å². The summed E-state index contributed by atoms with van der Waals surface area (Å²) in [5, 5.41) is 0. The summed E-state index contributed by atoms with van der Waals surface area (Å²) >= 11 is 0. The van der Waals surface area contributed by atoms with Gasteiger partial charge in [0.05, 0.1) is 98.6 Å². The van der Waals surface area contributed by atoms with Crippen LogP contribution >= 0.6 is 0 Å². The zero-order chi connectivity index (χ0) is 88.2. The van der Waals surface area contributed by atoms with Crippen molar-refractivity contribution in [1.29, 1.82) is 0 Å². The summed E-state index contributed by atoms with van der Waals surface area (Å²) in [5.74, 6) is -0.293. The van der Waals surface area contributed by atoms with Gasteiger partial charge in [0.25, 0.3) is 0 Å². The third kappa shape index (κ3) is 65.9. The predicted octanol–water partition coefficient (Wildman–Crippen LogP) is 27.5. The first-order valence-corrected chi connectivity index (χ1v) is 57.8. The molecule has 0 spiro atoms. The Hall–Kier alpha value is 0.776. The van der Waals surface area contributed by atoms with Crippen molar-refractivity contribution in [3.63, 3.8) is 0 Å². The molecule has 2 atom stereocenters. The van der Waals surface area contributed by atoms with Crippen molar-refractivity contribution in [2.75, 3.05) is 103 Å². The van der Waals surface area contributed by atoms with E-state index in [0.29, 0.717) is 0 Å². The molecule has 6 aliphatic heterocycles. The smallest absolute Gasteiger partial charge is 0.436 e. The van der Waals surface area contributed by atoms with Crippen molar-refractivity contribution in [2.24, 2.45) is 0 Å². The van der Waals surface area contributed by atoms with E-state index in [4.69, 9.17) is 18.3 Å². The fourth-order valence-electron chi connectivity index (χ4n) is 20.3. The van der Waals surface area contributed by atoms with Gasteiger partial charge in [0.2, 0.25) is 13.3 Å². The molecule has 0 bridgehead atoms. The Morgan fingerprint density at radius 1 is 0.223 bits per heavy atom. The van der Waals surface area contributed by atoms with Gasteiger partial charge in [-0.05, 0) is 57.8 Å². The molecule has 0 aromatic carbocycles. The number of sulfonamides is 4. The molecule has 121 heavy (non-hydrogen) atoms. The fraction of sp³-hybridized carbons (Fsp3) is 1.00. The summed E-state index contributed by atoms with van der Waals surface area (Å²) in [6.07, 6.45) is 106. The largest absolute Gasteiger partial charge is 1.00 e. The Labute approximate surface area is 788 Å². The molecule has 14 nitrogen and oxygen atoms in total. The van der Waals surface area contributed by atoms with Gasteiger partial charge in [-0.1, -0.05) is 387 Å². The Bertz CT molecular complexity index is 2450. The van der Waals surface area contributed by atoms with E-state index in [0.717, 1.165) is 0 Å². The molecule has 6 rings (SSSR count). The first-order chi connectivity index (χ1) is 58.2. The number of nitrogens with zero attached hydrogens (tertiary/aromatic N) is 6. The van der Waals surface area contributed by atoms with E-state index in [1.807, 2.05) is 0 Å². The van der Waals surface area contributed by atoms with Crippen molar-refractivity contribution in [3.8, 4) is 0 Å². The monoisotopic (exact) mass is 1840 g/mol. The molecule has 6 aliphatic rings. The maximum Gasteiger partial charge on any atom is 1.00 e. The van der Waals surface area contributed by atoms with Gasteiger partial charge in [-0.25, -0.2) is 42.5 Å². The molecule has 0 aromatic rings. The zero-order valence-electron chi connectivity index (χ0n) is 79.6. The predicted molar refractivity (Wildman–Crippen MR) is 500 cm³/mol. The van der Waals surface area contributed by atoms with Crippen LogP contribution < -0.4 is 51.4 Å². The summed E-state index contributed by atoms with van der Waals surface area (Å²) in [6.45, 7) is 30.2. The molecule has 0 N–H and O–H groups in total. The topological polar surface area (TPSA) is 165 Å². The summed E-state index contributed by atoms with van der Waals surface area (Å²) in [7, 11) is -16.6. The third-order valence-electron chi connectivity index (χ3n) is 27.5. The van der Waals surface area contributed by atoms with Gasteiger partial charge in [-0.2, -0.15) is 0 Å². The number of quaternary nitrogens is 4. The Morgan fingerprint density at radius 3 is 0.488 bits per heavy atom. The van der Waals surface area contributed by atoms with Crippen LogP contribution in [0.4, 0.5) is 27.1 Å². The second-order valence-electron chi connectivity index (χ2n) is 38.5. The molecule has 6 heterocycles. The quantitative estimate of drug-likeness (QED) is 0.0251. The molecule has 0 saturated carbocycles. The van der Waals surface area contributed by atoms with Gasteiger partial charge >= 0.3 is 51.4 Å². The van der Waals surface area contributed by atoms with Gasteiger partial charge in [-0.15, -0.1) is 0 Å². The third-order valence-corrected chi connectivity index (χ3v) is 34.2. The number of halogens is 6. The fourth-order valence-corrected chi connectivity index (χ4v) is 26.4. The molecule has 25 heteroatoms. The number of rotatable bonds is 72. The molecule has 2 unspecified atom stereocenters. The van der Waals surface area contributed by atoms with Crippen molar-refractivity contribution in [1.82, 2.24) is 0 Å². The van der Waals surface area contributed by atoms with Gasteiger partial charge in [-0.3, -0.25) is 17.9 Å². The van der Waals surface area contributed by atoms with Crippen LogP contribution in [0.25, 0.3) is 8.25 Å². The van der Waals surface area contributed by atoms with Crippen LogP contribution in [0.3, 0.4) is 0 Å². The molecule has 0 amide bonds. The minimum atomic E-state index is -4.67. The van der Waals surface area contributed by atoms with E-state index in [9.17, 15) is 42.5 Å². The maximum absolute atomic E-state index is 12.4. The second kappa shape index (κ2) is 80.4. The molecule has 6 saturated heterocycles. The molecule has 6 fully saturated rings. The molecular formula is C96H194F6KN6O8S4+3. The maximum atomic E-state index is 12.4. The summed E-state index contributed by atoms with van der Waals surface area (Å²) < 4.78 is 151.